The van der Waals surface area contributed by atoms with Crippen LogP contribution in [-0.4, -0.2) is 26.8 Å². The molecule has 1 saturated heterocycles. The minimum absolute atomic E-state index is 0.00324. The Bertz CT molecular complexity index is 1290. The van der Waals surface area contributed by atoms with Crippen LogP contribution in [0.25, 0.3) is 5.76 Å². The molecule has 160 valence electrons. The minimum Gasteiger partial charge on any atom is -0.507 e. The molecule has 0 spiro atoms. The van der Waals surface area contributed by atoms with Gasteiger partial charge in [0, 0.05) is 23.4 Å². The van der Waals surface area contributed by atoms with E-state index < -0.39 is 28.4 Å². The van der Waals surface area contributed by atoms with Crippen LogP contribution in [0.2, 0.25) is 5.02 Å². The summed E-state index contributed by atoms with van der Waals surface area (Å²) in [6.07, 6.45) is 0. The lowest BCUT2D eigenvalue weighted by molar-refractivity contribution is -0.384. The van der Waals surface area contributed by atoms with Crippen LogP contribution < -0.4 is 4.90 Å². The number of rotatable bonds is 4. The molecule has 0 saturated carbocycles. The summed E-state index contributed by atoms with van der Waals surface area (Å²) in [7, 11) is 0. The molecule has 1 heterocycles. The summed E-state index contributed by atoms with van der Waals surface area (Å²) in [5, 5.41) is 32.0. The van der Waals surface area contributed by atoms with E-state index in [2.05, 4.69) is 0 Å². The van der Waals surface area contributed by atoms with E-state index in [-0.39, 0.29) is 27.6 Å². The van der Waals surface area contributed by atoms with Gasteiger partial charge in [-0.2, -0.15) is 0 Å². The van der Waals surface area contributed by atoms with Crippen molar-refractivity contribution in [3.63, 3.8) is 0 Å². The van der Waals surface area contributed by atoms with E-state index in [1.165, 1.54) is 41.3 Å². The number of nitro groups is 1. The number of carbonyl (C=O) groups excluding carboxylic acids is 2. The Kier molecular flexibility index (Phi) is 5.38. The number of non-ortho nitro benzene ring substituents is 1. The predicted octanol–water partition coefficient (Wildman–Crippen LogP) is 4.58. The van der Waals surface area contributed by atoms with Crippen molar-refractivity contribution in [2.75, 3.05) is 4.90 Å². The van der Waals surface area contributed by atoms with Crippen LogP contribution in [0.1, 0.15) is 17.2 Å². The molecule has 1 aliphatic heterocycles. The molecule has 2 N–H and O–H groups in total. The number of aromatic hydroxyl groups is 1. The highest BCUT2D eigenvalue weighted by atomic mass is 35.5. The number of halogens is 1. The van der Waals surface area contributed by atoms with Crippen LogP contribution in [0.3, 0.4) is 0 Å². The summed E-state index contributed by atoms with van der Waals surface area (Å²) in [4.78, 5) is 37.8. The maximum absolute atomic E-state index is 13.0. The molecule has 0 bridgehead atoms. The van der Waals surface area contributed by atoms with E-state index in [1.807, 2.05) is 0 Å². The van der Waals surface area contributed by atoms with E-state index in [0.717, 1.165) is 6.07 Å². The van der Waals surface area contributed by atoms with Gasteiger partial charge in [0.15, 0.2) is 0 Å². The number of phenolic OH excluding ortho intramolecular Hbond substituents is 1. The van der Waals surface area contributed by atoms with Crippen molar-refractivity contribution < 1.29 is 24.7 Å². The smallest absolute Gasteiger partial charge is 0.300 e. The molecular weight excluding hydrogens is 436 g/mol. The van der Waals surface area contributed by atoms with Crippen molar-refractivity contribution in [2.24, 2.45) is 0 Å². The van der Waals surface area contributed by atoms with E-state index in [1.54, 1.807) is 30.3 Å². The third-order valence-corrected chi connectivity index (χ3v) is 5.40. The molecule has 0 aliphatic carbocycles. The second kappa shape index (κ2) is 8.16. The third-order valence-electron chi connectivity index (χ3n) is 5.10. The summed E-state index contributed by atoms with van der Waals surface area (Å²) < 4.78 is 0. The molecule has 9 heteroatoms. The van der Waals surface area contributed by atoms with Gasteiger partial charge in [-0.25, -0.2) is 0 Å². The molecular formula is C23H15ClN2O6. The van der Waals surface area contributed by atoms with Crippen LogP contribution in [-0.2, 0) is 9.59 Å². The van der Waals surface area contributed by atoms with Crippen LogP contribution >= 0.6 is 11.6 Å². The zero-order chi connectivity index (χ0) is 23.0. The quantitative estimate of drug-likeness (QED) is 0.197. The van der Waals surface area contributed by atoms with E-state index >= 15 is 0 Å². The fourth-order valence-corrected chi connectivity index (χ4v) is 3.81. The Labute approximate surface area is 186 Å². The van der Waals surface area contributed by atoms with Crippen molar-refractivity contribution in [1.82, 2.24) is 0 Å². The second-order valence-corrected chi connectivity index (χ2v) is 7.43. The molecule has 3 aromatic carbocycles. The fraction of sp³-hybridized carbons (Fsp3) is 0.0435. The number of aliphatic hydroxyl groups is 1. The largest absolute Gasteiger partial charge is 0.507 e. The van der Waals surface area contributed by atoms with Gasteiger partial charge in [-0.15, -0.1) is 0 Å². The molecule has 32 heavy (non-hydrogen) atoms. The lowest BCUT2D eigenvalue weighted by Crippen LogP contribution is -2.29. The minimum atomic E-state index is -1.07. The Morgan fingerprint density at radius 1 is 1.00 bits per heavy atom. The van der Waals surface area contributed by atoms with Crippen LogP contribution in [0.4, 0.5) is 11.4 Å². The molecule has 1 amide bonds. The maximum atomic E-state index is 13.0. The van der Waals surface area contributed by atoms with Gasteiger partial charge in [-0.1, -0.05) is 48.0 Å². The van der Waals surface area contributed by atoms with Gasteiger partial charge >= 0.3 is 0 Å². The number of anilines is 1. The number of carbonyl (C=O) groups is 2. The first-order valence-electron chi connectivity index (χ1n) is 9.39. The summed E-state index contributed by atoms with van der Waals surface area (Å²) >= 11 is 6.07. The maximum Gasteiger partial charge on any atom is 0.300 e. The van der Waals surface area contributed by atoms with Crippen LogP contribution in [0.15, 0.2) is 78.4 Å². The number of Topliss-reactive ketones (excluding diaryl/α,β-unsaturated/α-hetero) is 1. The Balaban J connectivity index is 1.97. The first kappa shape index (κ1) is 21.1. The zero-order valence-corrected chi connectivity index (χ0v) is 17.1. The first-order chi connectivity index (χ1) is 15.3. The Hall–Kier alpha value is -4.17. The standard InChI is InChI=1S/C23H15ClN2O6/c24-17-12-13(9-10-18(17)27)20-19(21(28)14-5-4-8-16(11-14)26(31)32)22(29)23(30)25(20)15-6-2-1-3-7-15/h1-12,20,27-28H/b21-19-. The number of benzene rings is 3. The SMILES string of the molecule is O=C1C(=O)N(c2ccccc2)C(c2ccc(O)c(Cl)c2)/C1=C(/O)c1cccc([N+](=O)[O-])c1. The third kappa shape index (κ3) is 3.57. The van der Waals surface area contributed by atoms with Gasteiger partial charge < -0.3 is 10.2 Å². The molecule has 8 nitrogen and oxygen atoms in total. The van der Waals surface area contributed by atoms with Gasteiger partial charge in [-0.05, 0) is 29.8 Å². The molecule has 1 aliphatic rings. The molecule has 4 rings (SSSR count). The monoisotopic (exact) mass is 450 g/mol. The number of phenols is 1. The number of hydrogen-bond acceptors (Lipinski definition) is 6. The van der Waals surface area contributed by atoms with Crippen molar-refractivity contribution in [2.45, 2.75) is 6.04 Å². The highest BCUT2D eigenvalue weighted by Gasteiger charge is 2.47. The van der Waals surface area contributed by atoms with Crippen molar-refractivity contribution >= 4 is 40.4 Å². The number of nitrogens with zero attached hydrogens (tertiary/aromatic N) is 2. The normalized spacial score (nSPS) is 17.5. The predicted molar refractivity (Wildman–Crippen MR) is 117 cm³/mol. The Morgan fingerprint density at radius 2 is 1.72 bits per heavy atom. The number of hydrogen-bond donors (Lipinski definition) is 2. The van der Waals surface area contributed by atoms with Gasteiger partial charge in [-0.3, -0.25) is 24.6 Å². The number of aliphatic hydroxyl groups excluding tert-OH is 1. The van der Waals surface area contributed by atoms with Crippen LogP contribution in [0.5, 0.6) is 5.75 Å². The average molecular weight is 451 g/mol. The van der Waals surface area contributed by atoms with E-state index in [9.17, 15) is 29.9 Å². The van der Waals surface area contributed by atoms with Gasteiger partial charge in [0.25, 0.3) is 17.4 Å². The Morgan fingerprint density at radius 3 is 2.38 bits per heavy atom. The number of para-hydroxylation sites is 1. The second-order valence-electron chi connectivity index (χ2n) is 7.02. The van der Waals surface area contributed by atoms with Crippen LogP contribution in [0, 0.1) is 10.1 Å². The van der Waals surface area contributed by atoms with Gasteiger partial charge in [0.1, 0.15) is 11.5 Å². The summed E-state index contributed by atoms with van der Waals surface area (Å²) in [5.41, 5.74) is 0.251. The number of nitro benzene ring substituents is 1. The van der Waals surface area contributed by atoms with Crippen molar-refractivity contribution in [3.8, 4) is 5.75 Å². The molecule has 3 aromatic rings. The number of ketones is 1. The lowest BCUT2D eigenvalue weighted by atomic mass is 9.95. The molecule has 0 aromatic heterocycles. The highest BCUT2D eigenvalue weighted by molar-refractivity contribution is 6.51. The zero-order valence-electron chi connectivity index (χ0n) is 16.3. The average Bonchev–Trinajstić information content (AvgIpc) is 3.06. The molecule has 1 atom stereocenters. The number of amides is 1. The van der Waals surface area contributed by atoms with Gasteiger partial charge in [0.2, 0.25) is 0 Å². The topological polar surface area (TPSA) is 121 Å². The van der Waals surface area contributed by atoms with Crippen molar-refractivity contribution in [1.29, 1.82) is 0 Å². The molecule has 0 radical (unpaired) electrons. The van der Waals surface area contributed by atoms with Crippen molar-refractivity contribution in [3.05, 3.63) is 105 Å². The molecule has 1 unspecified atom stereocenters. The lowest BCUT2D eigenvalue weighted by Gasteiger charge is -2.25. The van der Waals surface area contributed by atoms with E-state index in [4.69, 9.17) is 11.6 Å². The highest BCUT2D eigenvalue weighted by Crippen LogP contribution is 2.43. The summed E-state index contributed by atoms with van der Waals surface area (Å²) in [6, 6.07) is 16.6. The first-order valence-corrected chi connectivity index (χ1v) is 9.76. The summed E-state index contributed by atoms with van der Waals surface area (Å²) in [5.74, 6) is -2.57. The molecule has 1 fully saturated rings. The summed E-state index contributed by atoms with van der Waals surface area (Å²) in [6.45, 7) is 0. The van der Waals surface area contributed by atoms with Gasteiger partial charge in [0.05, 0.1) is 21.6 Å². The fourth-order valence-electron chi connectivity index (χ4n) is 3.62. The van der Waals surface area contributed by atoms with E-state index in [0.29, 0.717) is 11.3 Å².